The number of para-hydroxylation sites is 1. The molecular weight excluding hydrogens is 318 g/mol. The van der Waals surface area contributed by atoms with E-state index in [1.165, 1.54) is 39.5 Å². The molecule has 0 radical (unpaired) electrons. The Labute approximate surface area is 135 Å². The number of hydrogen-bond acceptors (Lipinski definition) is 6. The highest BCUT2D eigenvalue weighted by Gasteiger charge is 2.17. The summed E-state index contributed by atoms with van der Waals surface area (Å²) in [4.78, 5) is 15.9. The van der Waals surface area contributed by atoms with Gasteiger partial charge in [-0.25, -0.2) is 22.5 Å². The molecule has 122 valence electrons. The second kappa shape index (κ2) is 6.76. The van der Waals surface area contributed by atoms with E-state index in [0.29, 0.717) is 17.1 Å². The second-order valence-corrected chi connectivity index (χ2v) is 6.98. The number of carbonyl (C=O) groups is 1. The summed E-state index contributed by atoms with van der Waals surface area (Å²) in [6.45, 7) is 0. The van der Waals surface area contributed by atoms with Crippen LogP contribution in [-0.4, -0.2) is 44.9 Å². The van der Waals surface area contributed by atoms with Gasteiger partial charge in [-0.05, 0) is 24.3 Å². The third kappa shape index (κ3) is 3.66. The molecular formula is C15H17N3O4S. The first-order chi connectivity index (χ1) is 10.9. The van der Waals surface area contributed by atoms with Crippen molar-refractivity contribution in [1.29, 1.82) is 0 Å². The van der Waals surface area contributed by atoms with Crippen LogP contribution < -0.4 is 5.32 Å². The first kappa shape index (κ1) is 16.9. The van der Waals surface area contributed by atoms with E-state index in [1.54, 1.807) is 24.3 Å². The van der Waals surface area contributed by atoms with Gasteiger partial charge < -0.3 is 10.1 Å². The Kier molecular flexibility index (Phi) is 4.97. The third-order valence-electron chi connectivity index (χ3n) is 3.11. The van der Waals surface area contributed by atoms with E-state index in [4.69, 9.17) is 4.74 Å². The van der Waals surface area contributed by atoms with Gasteiger partial charge >= 0.3 is 5.97 Å². The van der Waals surface area contributed by atoms with Crippen molar-refractivity contribution in [3.63, 3.8) is 0 Å². The second-order valence-electron chi connectivity index (χ2n) is 4.83. The Hall–Kier alpha value is -2.45. The van der Waals surface area contributed by atoms with Gasteiger partial charge in [0.2, 0.25) is 10.0 Å². The molecule has 0 aliphatic rings. The predicted octanol–water partition coefficient (Wildman–Crippen LogP) is 1.86. The summed E-state index contributed by atoms with van der Waals surface area (Å²) in [6, 6.07) is 9.80. The highest BCUT2D eigenvalue weighted by Crippen LogP contribution is 2.21. The van der Waals surface area contributed by atoms with Crippen molar-refractivity contribution >= 4 is 27.5 Å². The van der Waals surface area contributed by atoms with Crippen LogP contribution in [0, 0.1) is 0 Å². The van der Waals surface area contributed by atoms with E-state index in [0.717, 1.165) is 4.31 Å². The number of nitrogens with one attached hydrogen (secondary N) is 1. The number of pyridine rings is 1. The minimum atomic E-state index is -3.52. The number of rotatable bonds is 5. The molecule has 0 saturated carbocycles. The molecule has 0 bridgehead atoms. The Morgan fingerprint density at radius 1 is 1.17 bits per heavy atom. The summed E-state index contributed by atoms with van der Waals surface area (Å²) in [5.41, 5.74) is 0.886. The number of sulfonamides is 1. The highest BCUT2D eigenvalue weighted by molar-refractivity contribution is 7.89. The number of hydrogen-bond donors (Lipinski definition) is 1. The molecule has 0 aliphatic carbocycles. The first-order valence-corrected chi connectivity index (χ1v) is 8.13. The largest absolute Gasteiger partial charge is 0.465 e. The van der Waals surface area contributed by atoms with E-state index in [1.807, 2.05) is 0 Å². The van der Waals surface area contributed by atoms with E-state index >= 15 is 0 Å². The van der Waals surface area contributed by atoms with Gasteiger partial charge in [-0.2, -0.15) is 0 Å². The third-order valence-corrected chi connectivity index (χ3v) is 4.91. The molecule has 1 N–H and O–H groups in total. The van der Waals surface area contributed by atoms with Gasteiger partial charge in [-0.3, -0.25) is 0 Å². The van der Waals surface area contributed by atoms with Crippen LogP contribution in [-0.2, 0) is 14.8 Å². The van der Waals surface area contributed by atoms with Crippen molar-refractivity contribution in [3.05, 3.63) is 48.2 Å². The highest BCUT2D eigenvalue weighted by atomic mass is 32.2. The van der Waals surface area contributed by atoms with E-state index in [-0.39, 0.29) is 4.90 Å². The number of benzene rings is 1. The quantitative estimate of drug-likeness (QED) is 0.839. The van der Waals surface area contributed by atoms with Gasteiger partial charge in [0.15, 0.2) is 0 Å². The summed E-state index contributed by atoms with van der Waals surface area (Å²) in [6.07, 6.45) is 1.26. The summed E-state index contributed by atoms with van der Waals surface area (Å²) in [5.74, 6) is -0.0565. The van der Waals surface area contributed by atoms with Gasteiger partial charge in [0.1, 0.15) is 10.7 Å². The molecule has 2 rings (SSSR count). The zero-order chi connectivity index (χ0) is 17.0. The lowest BCUT2D eigenvalue weighted by Gasteiger charge is -2.12. The average Bonchev–Trinajstić information content (AvgIpc) is 2.55. The predicted molar refractivity (Wildman–Crippen MR) is 86.2 cm³/mol. The maximum absolute atomic E-state index is 12.0. The SMILES string of the molecule is COC(=O)c1ccccc1Nc1ccc(S(=O)(=O)N(C)C)cn1. The van der Waals surface area contributed by atoms with Crippen LogP contribution >= 0.6 is 0 Å². The number of methoxy groups -OCH3 is 1. The van der Waals surface area contributed by atoms with Gasteiger partial charge in [-0.15, -0.1) is 0 Å². The Bertz CT molecular complexity index is 802. The molecule has 7 nitrogen and oxygen atoms in total. The first-order valence-electron chi connectivity index (χ1n) is 6.69. The van der Waals surface area contributed by atoms with Crippen LogP contribution in [0.3, 0.4) is 0 Å². The molecule has 0 amide bonds. The molecule has 0 aliphatic heterocycles. The number of carbonyl (C=O) groups excluding carboxylic acids is 1. The van der Waals surface area contributed by atoms with E-state index in [9.17, 15) is 13.2 Å². The van der Waals surface area contributed by atoms with Crippen molar-refractivity contribution < 1.29 is 17.9 Å². The standard InChI is InChI=1S/C15H17N3O4S/c1-18(2)23(20,21)11-8-9-14(16-10-11)17-13-7-5-4-6-12(13)15(19)22-3/h4-10H,1-3H3,(H,16,17). The summed E-state index contributed by atoms with van der Waals surface area (Å²) in [5, 5.41) is 2.98. The van der Waals surface area contributed by atoms with Crippen molar-refractivity contribution in [2.75, 3.05) is 26.5 Å². The van der Waals surface area contributed by atoms with Crippen molar-refractivity contribution in [2.24, 2.45) is 0 Å². The molecule has 0 unspecified atom stereocenters. The fourth-order valence-corrected chi connectivity index (χ4v) is 2.68. The maximum atomic E-state index is 12.0. The molecule has 0 atom stereocenters. The van der Waals surface area contributed by atoms with Crippen molar-refractivity contribution in [2.45, 2.75) is 4.90 Å². The number of aromatic nitrogens is 1. The average molecular weight is 335 g/mol. The normalized spacial score (nSPS) is 11.3. The molecule has 1 aromatic carbocycles. The Morgan fingerprint density at radius 3 is 2.43 bits per heavy atom. The van der Waals surface area contributed by atoms with E-state index < -0.39 is 16.0 Å². The van der Waals surface area contributed by atoms with Crippen molar-refractivity contribution in [1.82, 2.24) is 9.29 Å². The lowest BCUT2D eigenvalue weighted by molar-refractivity contribution is 0.0602. The molecule has 1 aromatic heterocycles. The minimum Gasteiger partial charge on any atom is -0.465 e. The zero-order valence-electron chi connectivity index (χ0n) is 13.0. The molecule has 0 spiro atoms. The number of ether oxygens (including phenoxy) is 1. The van der Waals surface area contributed by atoms with Crippen LogP contribution in [0.1, 0.15) is 10.4 Å². The molecule has 0 saturated heterocycles. The lowest BCUT2D eigenvalue weighted by Crippen LogP contribution is -2.22. The van der Waals surface area contributed by atoms with Gasteiger partial charge in [0.25, 0.3) is 0 Å². The summed E-state index contributed by atoms with van der Waals surface area (Å²) < 4.78 is 29.8. The molecule has 0 fully saturated rings. The van der Waals surface area contributed by atoms with Gasteiger partial charge in [-0.1, -0.05) is 12.1 Å². The van der Waals surface area contributed by atoms with Crippen molar-refractivity contribution in [3.8, 4) is 0 Å². The Morgan fingerprint density at radius 2 is 1.87 bits per heavy atom. The fourth-order valence-electron chi connectivity index (χ4n) is 1.84. The summed E-state index contributed by atoms with van der Waals surface area (Å²) in [7, 11) is 0.686. The Balaban J connectivity index is 2.28. The monoisotopic (exact) mass is 335 g/mol. The smallest absolute Gasteiger partial charge is 0.339 e. The zero-order valence-corrected chi connectivity index (χ0v) is 13.8. The van der Waals surface area contributed by atoms with Crippen LogP contribution in [0.2, 0.25) is 0 Å². The van der Waals surface area contributed by atoms with E-state index in [2.05, 4.69) is 10.3 Å². The molecule has 23 heavy (non-hydrogen) atoms. The number of nitrogens with zero attached hydrogens (tertiary/aromatic N) is 2. The lowest BCUT2D eigenvalue weighted by atomic mass is 10.2. The molecule has 8 heteroatoms. The topological polar surface area (TPSA) is 88.6 Å². The van der Waals surface area contributed by atoms with Crippen LogP contribution in [0.4, 0.5) is 11.5 Å². The van der Waals surface area contributed by atoms with Crippen LogP contribution in [0.5, 0.6) is 0 Å². The fraction of sp³-hybridized carbons (Fsp3) is 0.200. The summed E-state index contributed by atoms with van der Waals surface area (Å²) >= 11 is 0. The maximum Gasteiger partial charge on any atom is 0.339 e. The van der Waals surface area contributed by atoms with Gasteiger partial charge in [0, 0.05) is 20.3 Å². The molecule has 1 heterocycles. The number of anilines is 2. The van der Waals surface area contributed by atoms with Crippen LogP contribution in [0.25, 0.3) is 0 Å². The molecule has 2 aromatic rings. The minimum absolute atomic E-state index is 0.0919. The number of esters is 1. The van der Waals surface area contributed by atoms with Gasteiger partial charge in [0.05, 0.1) is 18.4 Å². The van der Waals surface area contributed by atoms with Crippen LogP contribution in [0.15, 0.2) is 47.5 Å².